The minimum Gasteiger partial charge on any atom is -0.481 e. The second-order valence-corrected chi connectivity index (χ2v) is 5.15. The van der Waals surface area contributed by atoms with Gasteiger partial charge in [-0.15, -0.1) is 0 Å². The maximum atomic E-state index is 11.0. The standard InChI is InChI=1S/C12H21N3O2/c1-10(2)7-15(5-3-4-13)12(6-11(16)17)8-14-9-12/h10,14H,3,5-9H2,1-2H3,(H,16,17). The molecule has 1 aliphatic heterocycles. The van der Waals surface area contributed by atoms with Gasteiger partial charge >= 0.3 is 5.97 Å². The number of carbonyl (C=O) groups is 1. The molecular formula is C12H21N3O2. The fourth-order valence-electron chi connectivity index (χ4n) is 2.30. The van der Waals surface area contributed by atoms with Crippen LogP contribution in [0.5, 0.6) is 0 Å². The van der Waals surface area contributed by atoms with Crippen molar-refractivity contribution in [1.29, 1.82) is 5.26 Å². The van der Waals surface area contributed by atoms with Gasteiger partial charge in [-0.1, -0.05) is 13.8 Å². The number of nitrogens with zero attached hydrogens (tertiary/aromatic N) is 2. The van der Waals surface area contributed by atoms with Gasteiger partial charge in [0.1, 0.15) is 0 Å². The van der Waals surface area contributed by atoms with Crippen molar-refractivity contribution in [3.05, 3.63) is 0 Å². The predicted molar refractivity (Wildman–Crippen MR) is 64.5 cm³/mol. The highest BCUT2D eigenvalue weighted by atomic mass is 16.4. The summed E-state index contributed by atoms with van der Waals surface area (Å²) in [5.41, 5.74) is -0.285. The molecule has 0 saturated carbocycles. The van der Waals surface area contributed by atoms with Crippen molar-refractivity contribution in [2.75, 3.05) is 26.2 Å². The summed E-state index contributed by atoms with van der Waals surface area (Å²) in [6.07, 6.45) is 0.603. The number of nitriles is 1. The van der Waals surface area contributed by atoms with Crippen LogP contribution in [0.4, 0.5) is 0 Å². The molecule has 2 N–H and O–H groups in total. The molecule has 0 aliphatic carbocycles. The molecule has 0 aromatic rings. The highest BCUT2D eigenvalue weighted by Crippen LogP contribution is 2.26. The summed E-state index contributed by atoms with van der Waals surface area (Å²) in [6.45, 7) is 7.13. The van der Waals surface area contributed by atoms with Crippen LogP contribution in [0.1, 0.15) is 26.7 Å². The van der Waals surface area contributed by atoms with E-state index in [2.05, 4.69) is 30.1 Å². The van der Waals surface area contributed by atoms with Gasteiger partial charge in [-0.2, -0.15) is 5.26 Å². The van der Waals surface area contributed by atoms with Gasteiger partial charge in [0.2, 0.25) is 0 Å². The summed E-state index contributed by atoms with van der Waals surface area (Å²) in [4.78, 5) is 13.1. The lowest BCUT2D eigenvalue weighted by molar-refractivity contribution is -0.142. The number of rotatable bonds is 7. The molecule has 1 saturated heterocycles. The minimum absolute atomic E-state index is 0.151. The number of hydrogen-bond donors (Lipinski definition) is 2. The molecule has 5 heteroatoms. The third-order valence-electron chi connectivity index (χ3n) is 3.14. The van der Waals surface area contributed by atoms with E-state index in [1.54, 1.807) is 0 Å². The first-order valence-corrected chi connectivity index (χ1v) is 6.05. The average Bonchev–Trinajstić information content (AvgIpc) is 2.17. The van der Waals surface area contributed by atoms with E-state index in [1.807, 2.05) is 0 Å². The van der Waals surface area contributed by atoms with Gasteiger partial charge in [0.25, 0.3) is 0 Å². The Morgan fingerprint density at radius 3 is 2.59 bits per heavy atom. The molecule has 1 rings (SSSR count). The van der Waals surface area contributed by atoms with Crippen LogP contribution in [-0.2, 0) is 4.79 Å². The first-order chi connectivity index (χ1) is 8.00. The van der Waals surface area contributed by atoms with E-state index in [9.17, 15) is 4.79 Å². The Bertz CT molecular complexity index is 305. The van der Waals surface area contributed by atoms with E-state index in [0.717, 1.165) is 6.54 Å². The third-order valence-corrected chi connectivity index (χ3v) is 3.14. The zero-order chi connectivity index (χ0) is 12.9. The highest BCUT2D eigenvalue weighted by Gasteiger charge is 2.44. The van der Waals surface area contributed by atoms with Crippen molar-refractivity contribution in [3.8, 4) is 6.07 Å². The summed E-state index contributed by atoms with van der Waals surface area (Å²) < 4.78 is 0. The van der Waals surface area contributed by atoms with Crippen LogP contribution in [0.2, 0.25) is 0 Å². The summed E-state index contributed by atoms with van der Waals surface area (Å²) >= 11 is 0. The number of hydrogen-bond acceptors (Lipinski definition) is 4. The smallest absolute Gasteiger partial charge is 0.305 e. The van der Waals surface area contributed by atoms with Crippen LogP contribution in [-0.4, -0.2) is 47.7 Å². The van der Waals surface area contributed by atoms with Crippen LogP contribution < -0.4 is 5.32 Å². The minimum atomic E-state index is -0.766. The largest absolute Gasteiger partial charge is 0.481 e. The van der Waals surface area contributed by atoms with E-state index in [4.69, 9.17) is 10.4 Å². The lowest BCUT2D eigenvalue weighted by Gasteiger charge is -2.50. The van der Waals surface area contributed by atoms with Crippen molar-refractivity contribution in [2.45, 2.75) is 32.2 Å². The molecule has 0 aromatic carbocycles. The first kappa shape index (κ1) is 13.9. The Kier molecular flexibility index (Phi) is 4.91. The van der Waals surface area contributed by atoms with Crippen molar-refractivity contribution in [2.24, 2.45) is 5.92 Å². The zero-order valence-electron chi connectivity index (χ0n) is 10.6. The second kappa shape index (κ2) is 5.99. The van der Waals surface area contributed by atoms with Gasteiger partial charge in [-0.05, 0) is 5.92 Å². The summed E-state index contributed by atoms with van der Waals surface area (Å²) in [7, 11) is 0. The number of carboxylic acid groups (broad SMARTS) is 1. The van der Waals surface area contributed by atoms with E-state index in [0.29, 0.717) is 32.0 Å². The molecule has 1 aliphatic rings. The lowest BCUT2D eigenvalue weighted by Crippen LogP contribution is -2.70. The van der Waals surface area contributed by atoms with E-state index in [-0.39, 0.29) is 12.0 Å². The van der Waals surface area contributed by atoms with Crippen LogP contribution in [0.3, 0.4) is 0 Å². The molecule has 0 amide bonds. The van der Waals surface area contributed by atoms with Gasteiger partial charge in [0.05, 0.1) is 18.0 Å². The molecule has 1 heterocycles. The normalized spacial score (nSPS) is 17.8. The topological polar surface area (TPSA) is 76.4 Å². The van der Waals surface area contributed by atoms with Crippen molar-refractivity contribution < 1.29 is 9.90 Å². The maximum absolute atomic E-state index is 11.0. The Balaban J connectivity index is 2.70. The second-order valence-electron chi connectivity index (χ2n) is 5.15. The summed E-state index contributed by atoms with van der Waals surface area (Å²) in [5, 5.41) is 20.8. The van der Waals surface area contributed by atoms with Gasteiger partial charge in [-0.3, -0.25) is 9.69 Å². The monoisotopic (exact) mass is 239 g/mol. The quantitative estimate of drug-likeness (QED) is 0.683. The van der Waals surface area contributed by atoms with E-state index < -0.39 is 5.97 Å². The number of aliphatic carboxylic acids is 1. The van der Waals surface area contributed by atoms with Crippen LogP contribution in [0.15, 0.2) is 0 Å². The molecule has 0 bridgehead atoms. The van der Waals surface area contributed by atoms with Gasteiger partial charge < -0.3 is 10.4 Å². The SMILES string of the molecule is CC(C)CN(CCC#N)C1(CC(=O)O)CNC1. The van der Waals surface area contributed by atoms with Gasteiger partial charge in [0.15, 0.2) is 0 Å². The molecule has 17 heavy (non-hydrogen) atoms. The average molecular weight is 239 g/mol. The Morgan fingerprint density at radius 2 is 2.24 bits per heavy atom. The molecular weight excluding hydrogens is 218 g/mol. The van der Waals surface area contributed by atoms with Crippen molar-refractivity contribution in [3.63, 3.8) is 0 Å². The number of nitrogens with one attached hydrogen (secondary N) is 1. The van der Waals surface area contributed by atoms with E-state index in [1.165, 1.54) is 0 Å². The van der Waals surface area contributed by atoms with E-state index >= 15 is 0 Å². The highest BCUT2D eigenvalue weighted by molar-refractivity contribution is 5.68. The fraction of sp³-hybridized carbons (Fsp3) is 0.833. The Hall–Kier alpha value is -1.12. The first-order valence-electron chi connectivity index (χ1n) is 6.05. The molecule has 0 radical (unpaired) electrons. The molecule has 0 aromatic heterocycles. The molecule has 5 nitrogen and oxygen atoms in total. The summed E-state index contributed by atoms with van der Waals surface area (Å²) in [6, 6.07) is 2.14. The Morgan fingerprint density at radius 1 is 1.59 bits per heavy atom. The van der Waals surface area contributed by atoms with Crippen LogP contribution in [0, 0.1) is 17.2 Å². The summed E-state index contributed by atoms with van der Waals surface area (Å²) in [5.74, 6) is -0.294. The third kappa shape index (κ3) is 3.69. The Labute approximate surface area is 102 Å². The van der Waals surface area contributed by atoms with Crippen LogP contribution >= 0.6 is 0 Å². The molecule has 0 atom stereocenters. The predicted octanol–water partition coefficient (Wildman–Crippen LogP) is 0.675. The van der Waals surface area contributed by atoms with Crippen molar-refractivity contribution >= 4 is 5.97 Å². The number of carboxylic acids is 1. The molecule has 1 fully saturated rings. The maximum Gasteiger partial charge on any atom is 0.305 e. The van der Waals surface area contributed by atoms with Gasteiger partial charge in [-0.25, -0.2) is 0 Å². The van der Waals surface area contributed by atoms with Crippen molar-refractivity contribution in [1.82, 2.24) is 10.2 Å². The molecule has 0 spiro atoms. The molecule has 96 valence electrons. The van der Waals surface area contributed by atoms with Gasteiger partial charge in [0, 0.05) is 32.6 Å². The zero-order valence-corrected chi connectivity index (χ0v) is 10.6. The fourth-order valence-corrected chi connectivity index (χ4v) is 2.30. The van der Waals surface area contributed by atoms with Crippen LogP contribution in [0.25, 0.3) is 0 Å². The molecule has 0 unspecified atom stereocenters. The lowest BCUT2D eigenvalue weighted by atomic mass is 9.85.